The van der Waals surface area contributed by atoms with Crippen LogP contribution in [0.4, 0.5) is 0 Å². The lowest BCUT2D eigenvalue weighted by Gasteiger charge is -2.15. The van der Waals surface area contributed by atoms with E-state index in [0.717, 1.165) is 20.6 Å². The van der Waals surface area contributed by atoms with Gasteiger partial charge in [-0.25, -0.2) is 0 Å². The number of carbonyl (C=O) groups excluding carboxylic acids is 1. The van der Waals surface area contributed by atoms with Gasteiger partial charge in [-0.15, -0.1) is 0 Å². The molecule has 108 valence electrons. The molecule has 5 heteroatoms. The van der Waals surface area contributed by atoms with E-state index in [2.05, 4.69) is 27.9 Å². The molecule has 0 radical (unpaired) electrons. The summed E-state index contributed by atoms with van der Waals surface area (Å²) in [4.78, 5) is 12.3. The highest BCUT2D eigenvalue weighted by atomic mass is 127. The predicted molar refractivity (Wildman–Crippen MR) is 87.6 cm³/mol. The highest BCUT2D eigenvalue weighted by Gasteiger charge is 2.18. The number of halogens is 1. The monoisotopic (exact) mass is 395 g/mol. The van der Waals surface area contributed by atoms with Gasteiger partial charge >= 0.3 is 0 Å². The maximum Gasteiger partial charge on any atom is 0.252 e. The van der Waals surface area contributed by atoms with Gasteiger partial charge in [0.15, 0.2) is 11.5 Å². The van der Waals surface area contributed by atoms with E-state index in [4.69, 9.17) is 9.47 Å². The molecule has 1 aliphatic rings. The Bertz CT molecular complexity index is 687. The van der Waals surface area contributed by atoms with Crippen molar-refractivity contribution in [1.29, 1.82) is 0 Å². The summed E-state index contributed by atoms with van der Waals surface area (Å²) in [6.45, 7) is 2.20. The number of carbonyl (C=O) groups is 1. The fourth-order valence-electron chi connectivity index (χ4n) is 2.19. The zero-order valence-corrected chi connectivity index (χ0v) is 13.6. The Hall–Kier alpha value is -1.76. The Morgan fingerprint density at radius 1 is 1.19 bits per heavy atom. The highest BCUT2D eigenvalue weighted by Crippen LogP contribution is 2.34. The van der Waals surface area contributed by atoms with E-state index >= 15 is 0 Å². The van der Waals surface area contributed by atoms with Gasteiger partial charge in [0.25, 0.3) is 5.91 Å². The van der Waals surface area contributed by atoms with Crippen LogP contribution in [0.25, 0.3) is 0 Å². The largest absolute Gasteiger partial charge is 0.454 e. The topological polar surface area (TPSA) is 47.6 Å². The van der Waals surface area contributed by atoms with E-state index in [0.29, 0.717) is 5.56 Å². The second-order valence-corrected chi connectivity index (χ2v) is 5.95. The lowest BCUT2D eigenvalue weighted by molar-refractivity contribution is 0.0939. The van der Waals surface area contributed by atoms with Gasteiger partial charge < -0.3 is 14.8 Å². The Balaban J connectivity index is 1.76. The van der Waals surface area contributed by atoms with Crippen LogP contribution in [-0.4, -0.2) is 12.7 Å². The Morgan fingerprint density at radius 3 is 2.76 bits per heavy atom. The van der Waals surface area contributed by atoms with Crippen LogP contribution in [0.1, 0.15) is 28.9 Å². The van der Waals surface area contributed by atoms with Gasteiger partial charge in [0, 0.05) is 3.57 Å². The number of hydrogen-bond donors (Lipinski definition) is 1. The molecule has 0 spiro atoms. The molecule has 1 atom stereocenters. The zero-order chi connectivity index (χ0) is 14.8. The molecule has 1 aliphatic heterocycles. The maximum absolute atomic E-state index is 12.3. The van der Waals surface area contributed by atoms with E-state index in [1.165, 1.54) is 0 Å². The first-order chi connectivity index (χ1) is 10.1. The molecule has 1 unspecified atom stereocenters. The fourth-order valence-corrected chi connectivity index (χ4v) is 2.82. The molecule has 1 heterocycles. The van der Waals surface area contributed by atoms with Crippen LogP contribution in [0, 0.1) is 3.57 Å². The molecule has 0 bridgehead atoms. The van der Waals surface area contributed by atoms with Crippen LogP contribution in [0.5, 0.6) is 11.5 Å². The molecule has 0 aromatic heterocycles. The van der Waals surface area contributed by atoms with Crippen LogP contribution in [0.3, 0.4) is 0 Å². The number of amides is 1. The van der Waals surface area contributed by atoms with Crippen LogP contribution < -0.4 is 14.8 Å². The van der Waals surface area contributed by atoms with Gasteiger partial charge in [0.2, 0.25) is 6.79 Å². The maximum atomic E-state index is 12.3. The molecule has 0 fully saturated rings. The number of ether oxygens (including phenoxy) is 2. The third-order valence-electron chi connectivity index (χ3n) is 3.36. The average molecular weight is 395 g/mol. The minimum absolute atomic E-state index is 0.0785. The number of hydrogen-bond acceptors (Lipinski definition) is 3. The fraction of sp³-hybridized carbons (Fsp3) is 0.188. The normalized spacial score (nSPS) is 13.8. The third-order valence-corrected chi connectivity index (χ3v) is 4.30. The molecular formula is C16H14INO3. The molecule has 1 N–H and O–H groups in total. The highest BCUT2D eigenvalue weighted by molar-refractivity contribution is 14.1. The molecule has 4 nitrogen and oxygen atoms in total. The van der Waals surface area contributed by atoms with Crippen molar-refractivity contribution >= 4 is 28.5 Å². The van der Waals surface area contributed by atoms with Crippen molar-refractivity contribution in [3.05, 3.63) is 57.2 Å². The summed E-state index contributed by atoms with van der Waals surface area (Å²) in [5, 5.41) is 3.00. The Morgan fingerprint density at radius 2 is 1.95 bits per heavy atom. The van der Waals surface area contributed by atoms with E-state index in [1.807, 2.05) is 49.4 Å². The summed E-state index contributed by atoms with van der Waals surface area (Å²) in [7, 11) is 0. The van der Waals surface area contributed by atoms with Gasteiger partial charge in [-0.2, -0.15) is 0 Å². The SMILES string of the molecule is CC(NC(=O)c1ccccc1I)c1ccc2c(c1)OCO2. The first kappa shape index (κ1) is 14.2. The van der Waals surface area contributed by atoms with Crippen LogP contribution >= 0.6 is 22.6 Å². The molecule has 0 saturated heterocycles. The number of fused-ring (bicyclic) bond motifs is 1. The summed E-state index contributed by atoms with van der Waals surface area (Å²) >= 11 is 2.16. The van der Waals surface area contributed by atoms with Gasteiger partial charge in [-0.1, -0.05) is 18.2 Å². The number of benzene rings is 2. The number of rotatable bonds is 3. The molecule has 3 rings (SSSR count). The van der Waals surface area contributed by atoms with Gasteiger partial charge in [-0.3, -0.25) is 4.79 Å². The third kappa shape index (κ3) is 2.97. The van der Waals surface area contributed by atoms with Crippen LogP contribution in [-0.2, 0) is 0 Å². The van der Waals surface area contributed by atoms with E-state index in [9.17, 15) is 4.79 Å². The van der Waals surface area contributed by atoms with Crippen molar-refractivity contribution in [2.75, 3.05) is 6.79 Å². The first-order valence-corrected chi connectivity index (χ1v) is 7.68. The lowest BCUT2D eigenvalue weighted by atomic mass is 10.1. The van der Waals surface area contributed by atoms with Gasteiger partial charge in [0.1, 0.15) is 0 Å². The standard InChI is InChI=1S/C16H14INO3/c1-10(11-6-7-14-15(8-11)21-9-20-14)18-16(19)12-4-2-3-5-13(12)17/h2-8,10H,9H2,1H3,(H,18,19). The zero-order valence-electron chi connectivity index (χ0n) is 11.4. The summed E-state index contributed by atoms with van der Waals surface area (Å²) in [6, 6.07) is 13.1. The van der Waals surface area contributed by atoms with E-state index < -0.39 is 0 Å². The first-order valence-electron chi connectivity index (χ1n) is 6.60. The second kappa shape index (κ2) is 5.93. The summed E-state index contributed by atoms with van der Waals surface area (Å²) in [5.41, 5.74) is 1.67. The molecule has 0 saturated carbocycles. The van der Waals surface area contributed by atoms with Crippen molar-refractivity contribution in [3.8, 4) is 11.5 Å². The van der Waals surface area contributed by atoms with Crippen molar-refractivity contribution in [3.63, 3.8) is 0 Å². The molecular weight excluding hydrogens is 381 g/mol. The van der Waals surface area contributed by atoms with Crippen LogP contribution in [0.15, 0.2) is 42.5 Å². The number of nitrogens with one attached hydrogen (secondary N) is 1. The summed E-state index contributed by atoms with van der Waals surface area (Å²) in [6.07, 6.45) is 0. The summed E-state index contributed by atoms with van der Waals surface area (Å²) < 4.78 is 11.6. The lowest BCUT2D eigenvalue weighted by Crippen LogP contribution is -2.27. The molecule has 1 amide bonds. The quantitative estimate of drug-likeness (QED) is 0.810. The van der Waals surface area contributed by atoms with Crippen LogP contribution in [0.2, 0.25) is 0 Å². The smallest absolute Gasteiger partial charge is 0.252 e. The van der Waals surface area contributed by atoms with E-state index in [1.54, 1.807) is 0 Å². The molecule has 2 aromatic carbocycles. The van der Waals surface area contributed by atoms with Crippen molar-refractivity contribution in [1.82, 2.24) is 5.32 Å². The van der Waals surface area contributed by atoms with Crippen molar-refractivity contribution in [2.24, 2.45) is 0 Å². The molecule has 2 aromatic rings. The minimum atomic E-state index is -0.108. The minimum Gasteiger partial charge on any atom is -0.454 e. The van der Waals surface area contributed by atoms with Crippen molar-refractivity contribution in [2.45, 2.75) is 13.0 Å². The molecule has 21 heavy (non-hydrogen) atoms. The van der Waals surface area contributed by atoms with Gasteiger partial charge in [0.05, 0.1) is 11.6 Å². The van der Waals surface area contributed by atoms with Gasteiger partial charge in [-0.05, 0) is 59.3 Å². The second-order valence-electron chi connectivity index (χ2n) is 4.79. The molecule has 0 aliphatic carbocycles. The van der Waals surface area contributed by atoms with E-state index in [-0.39, 0.29) is 18.7 Å². The Kier molecular flexibility index (Phi) is 4.01. The predicted octanol–water partition coefficient (Wildman–Crippen LogP) is 3.51. The summed E-state index contributed by atoms with van der Waals surface area (Å²) in [5.74, 6) is 1.39. The average Bonchev–Trinajstić information content (AvgIpc) is 2.94. The Labute approximate surface area is 136 Å². The van der Waals surface area contributed by atoms with Crippen molar-refractivity contribution < 1.29 is 14.3 Å².